The Balaban J connectivity index is 1.54. The molecule has 0 aliphatic heterocycles. The predicted octanol–water partition coefficient (Wildman–Crippen LogP) is 4.39. The SMILES string of the molecule is Cc1ccc(S(=O)(=O)Nc2ccccc2F)cc1C(=O)N(C)Cc1cnn(-c2ccccc2)c1. The van der Waals surface area contributed by atoms with Crippen molar-refractivity contribution in [1.82, 2.24) is 14.7 Å². The van der Waals surface area contributed by atoms with Crippen LogP contribution in [0.5, 0.6) is 0 Å². The second-order valence-corrected chi connectivity index (χ2v) is 9.53. The smallest absolute Gasteiger partial charge is 0.262 e. The minimum Gasteiger partial charge on any atom is -0.337 e. The number of sulfonamides is 1. The molecule has 1 amide bonds. The third-order valence-corrected chi connectivity index (χ3v) is 6.65. The maximum atomic E-state index is 13.9. The van der Waals surface area contributed by atoms with E-state index in [1.807, 2.05) is 36.5 Å². The van der Waals surface area contributed by atoms with Gasteiger partial charge in [0.05, 0.1) is 22.5 Å². The second kappa shape index (κ2) is 9.48. The first-order chi connectivity index (χ1) is 16.2. The number of nitrogens with zero attached hydrogens (tertiary/aromatic N) is 3. The molecule has 0 bridgehead atoms. The Bertz CT molecular complexity index is 1440. The van der Waals surface area contributed by atoms with E-state index >= 15 is 0 Å². The zero-order chi connectivity index (χ0) is 24.3. The van der Waals surface area contributed by atoms with Gasteiger partial charge in [-0.15, -0.1) is 0 Å². The van der Waals surface area contributed by atoms with Crippen LogP contribution in [0.1, 0.15) is 21.5 Å². The molecule has 0 atom stereocenters. The van der Waals surface area contributed by atoms with Gasteiger partial charge in [0.15, 0.2) is 0 Å². The van der Waals surface area contributed by atoms with Gasteiger partial charge in [0.25, 0.3) is 15.9 Å². The van der Waals surface area contributed by atoms with Gasteiger partial charge in [0.1, 0.15) is 5.82 Å². The monoisotopic (exact) mass is 478 g/mol. The lowest BCUT2D eigenvalue weighted by atomic mass is 10.1. The highest BCUT2D eigenvalue weighted by molar-refractivity contribution is 7.92. The van der Waals surface area contributed by atoms with E-state index in [0.717, 1.165) is 17.3 Å². The Hall–Kier alpha value is -3.98. The van der Waals surface area contributed by atoms with Crippen LogP contribution < -0.4 is 4.72 Å². The van der Waals surface area contributed by atoms with Crippen molar-refractivity contribution in [2.75, 3.05) is 11.8 Å². The number of anilines is 1. The highest BCUT2D eigenvalue weighted by atomic mass is 32.2. The van der Waals surface area contributed by atoms with Crippen molar-refractivity contribution < 1.29 is 17.6 Å². The minimum atomic E-state index is -4.09. The molecule has 1 aromatic heterocycles. The summed E-state index contributed by atoms with van der Waals surface area (Å²) in [6.45, 7) is 2.02. The molecule has 34 heavy (non-hydrogen) atoms. The van der Waals surface area contributed by atoms with Gasteiger partial charge >= 0.3 is 0 Å². The fourth-order valence-electron chi connectivity index (χ4n) is 3.46. The van der Waals surface area contributed by atoms with E-state index in [9.17, 15) is 17.6 Å². The standard InChI is InChI=1S/C25H23FN4O3S/c1-18-12-13-21(34(32,33)28-24-11-7-6-10-23(24)26)14-22(18)25(31)29(2)16-19-15-27-30(17-19)20-8-4-3-5-9-20/h3-15,17,28H,16H2,1-2H3. The third kappa shape index (κ3) is 4.99. The highest BCUT2D eigenvalue weighted by Crippen LogP contribution is 2.22. The van der Waals surface area contributed by atoms with Crippen molar-refractivity contribution in [2.45, 2.75) is 18.4 Å². The Morgan fingerprint density at radius 1 is 1.06 bits per heavy atom. The first-order valence-electron chi connectivity index (χ1n) is 10.5. The van der Waals surface area contributed by atoms with E-state index in [1.54, 1.807) is 30.9 Å². The Labute approximate surface area is 197 Å². The van der Waals surface area contributed by atoms with Crippen LogP contribution in [-0.4, -0.2) is 36.1 Å². The van der Waals surface area contributed by atoms with Gasteiger partial charge in [0.2, 0.25) is 0 Å². The number of hydrogen-bond donors (Lipinski definition) is 1. The number of aromatic nitrogens is 2. The van der Waals surface area contributed by atoms with E-state index in [4.69, 9.17) is 0 Å². The van der Waals surface area contributed by atoms with Gasteiger partial charge in [0, 0.05) is 30.9 Å². The number of carbonyl (C=O) groups is 1. The number of halogens is 1. The summed E-state index contributed by atoms with van der Waals surface area (Å²) in [6, 6.07) is 19.3. The molecular weight excluding hydrogens is 455 g/mol. The van der Waals surface area contributed by atoms with Crippen molar-refractivity contribution in [2.24, 2.45) is 0 Å². The Morgan fingerprint density at radius 2 is 1.76 bits per heavy atom. The van der Waals surface area contributed by atoms with Crippen molar-refractivity contribution in [3.8, 4) is 5.69 Å². The summed E-state index contributed by atoms with van der Waals surface area (Å²) in [5, 5.41) is 4.34. The highest BCUT2D eigenvalue weighted by Gasteiger charge is 2.21. The number of hydrogen-bond acceptors (Lipinski definition) is 4. The van der Waals surface area contributed by atoms with Crippen LogP contribution in [0.4, 0.5) is 10.1 Å². The van der Waals surface area contributed by atoms with Crippen molar-refractivity contribution >= 4 is 21.6 Å². The lowest BCUT2D eigenvalue weighted by Gasteiger charge is -2.18. The average Bonchev–Trinajstić information content (AvgIpc) is 3.29. The summed E-state index contributed by atoms with van der Waals surface area (Å²) in [5.74, 6) is -1.03. The zero-order valence-electron chi connectivity index (χ0n) is 18.6. The summed E-state index contributed by atoms with van der Waals surface area (Å²) in [7, 11) is -2.46. The van der Waals surface area contributed by atoms with Gasteiger partial charge in [-0.05, 0) is 48.9 Å². The normalized spacial score (nSPS) is 11.3. The van der Waals surface area contributed by atoms with Crippen molar-refractivity contribution in [1.29, 1.82) is 0 Å². The maximum Gasteiger partial charge on any atom is 0.262 e. The molecule has 0 saturated heterocycles. The molecule has 4 aromatic rings. The lowest BCUT2D eigenvalue weighted by Crippen LogP contribution is -2.27. The quantitative estimate of drug-likeness (QED) is 0.427. The molecule has 0 fully saturated rings. The molecule has 174 valence electrons. The first kappa shape index (κ1) is 23.2. The molecule has 9 heteroatoms. The molecule has 0 aliphatic rings. The summed E-state index contributed by atoms with van der Waals surface area (Å²) in [4.78, 5) is 14.5. The molecule has 7 nitrogen and oxygen atoms in total. The number of amides is 1. The van der Waals surface area contributed by atoms with Crippen molar-refractivity contribution in [3.05, 3.63) is 108 Å². The van der Waals surface area contributed by atoms with Crippen LogP contribution in [0.2, 0.25) is 0 Å². The molecule has 0 unspecified atom stereocenters. The van der Waals surface area contributed by atoms with Crippen LogP contribution in [0, 0.1) is 12.7 Å². The molecule has 1 N–H and O–H groups in total. The topological polar surface area (TPSA) is 84.3 Å². The van der Waals surface area contributed by atoms with Gasteiger partial charge in [-0.2, -0.15) is 5.10 Å². The van der Waals surface area contributed by atoms with Gasteiger partial charge in [-0.25, -0.2) is 17.5 Å². The largest absolute Gasteiger partial charge is 0.337 e. The lowest BCUT2D eigenvalue weighted by molar-refractivity contribution is 0.0784. The summed E-state index contributed by atoms with van der Waals surface area (Å²) >= 11 is 0. The van der Waals surface area contributed by atoms with E-state index < -0.39 is 15.8 Å². The number of rotatable bonds is 7. The molecule has 0 radical (unpaired) electrons. The zero-order valence-corrected chi connectivity index (χ0v) is 19.5. The van der Waals surface area contributed by atoms with Crippen LogP contribution >= 0.6 is 0 Å². The first-order valence-corrected chi connectivity index (χ1v) is 12.0. The van der Waals surface area contributed by atoms with Crippen LogP contribution in [0.15, 0.2) is 90.1 Å². The van der Waals surface area contributed by atoms with Gasteiger partial charge in [-0.3, -0.25) is 9.52 Å². The predicted molar refractivity (Wildman–Crippen MR) is 128 cm³/mol. The summed E-state index contributed by atoms with van der Waals surface area (Å²) < 4.78 is 43.5. The van der Waals surface area contributed by atoms with Gasteiger partial charge < -0.3 is 4.90 Å². The van der Waals surface area contributed by atoms with Crippen molar-refractivity contribution in [3.63, 3.8) is 0 Å². The fourth-order valence-corrected chi connectivity index (χ4v) is 4.55. The molecular formula is C25H23FN4O3S. The molecule has 4 rings (SSSR count). The Kier molecular flexibility index (Phi) is 6.47. The van der Waals surface area contributed by atoms with E-state index in [1.165, 1.54) is 35.2 Å². The molecule has 0 saturated carbocycles. The minimum absolute atomic E-state index is 0.130. The molecule has 0 aliphatic carbocycles. The molecule has 1 heterocycles. The van der Waals surface area contributed by atoms with Crippen LogP contribution in [0.25, 0.3) is 5.69 Å². The number of benzene rings is 3. The third-order valence-electron chi connectivity index (χ3n) is 5.29. The number of aryl methyl sites for hydroxylation is 1. The van der Waals surface area contributed by atoms with E-state index in [-0.39, 0.29) is 28.6 Å². The molecule has 3 aromatic carbocycles. The maximum absolute atomic E-state index is 13.9. The number of nitrogens with one attached hydrogen (secondary N) is 1. The van der Waals surface area contributed by atoms with Gasteiger partial charge in [-0.1, -0.05) is 36.4 Å². The number of carbonyl (C=O) groups excluding carboxylic acids is 1. The van der Waals surface area contributed by atoms with E-state index in [0.29, 0.717) is 5.56 Å². The van der Waals surface area contributed by atoms with Crippen LogP contribution in [0.3, 0.4) is 0 Å². The second-order valence-electron chi connectivity index (χ2n) is 7.85. The summed E-state index contributed by atoms with van der Waals surface area (Å²) in [6.07, 6.45) is 3.52. The fraction of sp³-hybridized carbons (Fsp3) is 0.120. The Morgan fingerprint density at radius 3 is 2.50 bits per heavy atom. The number of para-hydroxylation sites is 2. The molecule has 0 spiro atoms. The van der Waals surface area contributed by atoms with Crippen LogP contribution in [-0.2, 0) is 16.6 Å². The summed E-state index contributed by atoms with van der Waals surface area (Å²) in [5.41, 5.74) is 2.43. The average molecular weight is 479 g/mol. The van der Waals surface area contributed by atoms with E-state index in [2.05, 4.69) is 9.82 Å².